The van der Waals surface area contributed by atoms with Crippen molar-refractivity contribution in [3.05, 3.63) is 12.2 Å². The molecule has 0 heterocycles. The lowest BCUT2D eigenvalue weighted by Crippen LogP contribution is -2.42. The van der Waals surface area contributed by atoms with E-state index in [4.69, 9.17) is 4.74 Å². The molecule has 1 nitrogen and oxygen atoms in total. The maximum Gasteiger partial charge on any atom is 0.0718 e. The van der Waals surface area contributed by atoms with Crippen LogP contribution >= 0.6 is 0 Å². The molecular weight excluding hydrogens is 160 g/mol. The first-order valence-electron chi connectivity index (χ1n) is 5.20. The van der Waals surface area contributed by atoms with Gasteiger partial charge in [0.2, 0.25) is 0 Å². The Morgan fingerprint density at radius 3 is 2.54 bits per heavy atom. The average Bonchev–Trinajstić information content (AvgIpc) is 2.03. The maximum atomic E-state index is 5.66. The lowest BCUT2D eigenvalue weighted by atomic mass is 9.70. The molecule has 1 rings (SSSR count). The molecular formula is C12H22O. The van der Waals surface area contributed by atoms with Crippen molar-refractivity contribution >= 4 is 0 Å². The molecule has 0 aromatic heterocycles. The minimum absolute atomic E-state index is 0.0313. The highest BCUT2D eigenvalue weighted by Crippen LogP contribution is 2.42. The van der Waals surface area contributed by atoms with Crippen molar-refractivity contribution in [2.24, 2.45) is 11.8 Å². The van der Waals surface area contributed by atoms with Gasteiger partial charge in [-0.15, -0.1) is 0 Å². The molecule has 0 saturated heterocycles. The van der Waals surface area contributed by atoms with Crippen LogP contribution in [0.5, 0.6) is 0 Å². The Hall–Kier alpha value is -0.300. The Bertz CT molecular complexity index is 197. The molecule has 0 aromatic rings. The predicted molar refractivity (Wildman–Crippen MR) is 56.7 cm³/mol. The largest absolute Gasteiger partial charge is 0.378 e. The summed E-state index contributed by atoms with van der Waals surface area (Å²) in [4.78, 5) is 0. The van der Waals surface area contributed by atoms with Gasteiger partial charge in [0.05, 0.1) is 5.60 Å². The maximum absolute atomic E-state index is 5.66. The molecule has 0 spiro atoms. The second kappa shape index (κ2) is 3.83. The van der Waals surface area contributed by atoms with Crippen molar-refractivity contribution in [3.8, 4) is 0 Å². The quantitative estimate of drug-likeness (QED) is 0.595. The summed E-state index contributed by atoms with van der Waals surface area (Å²) < 4.78 is 5.66. The third-order valence-electron chi connectivity index (χ3n) is 3.50. The van der Waals surface area contributed by atoms with Gasteiger partial charge in [0.15, 0.2) is 0 Å². The van der Waals surface area contributed by atoms with Gasteiger partial charge in [-0.3, -0.25) is 0 Å². The average molecular weight is 182 g/mol. The van der Waals surface area contributed by atoms with E-state index < -0.39 is 0 Å². The summed E-state index contributed by atoms with van der Waals surface area (Å²) in [5.41, 5.74) is 1.31. The van der Waals surface area contributed by atoms with Gasteiger partial charge in [-0.05, 0) is 39.0 Å². The monoisotopic (exact) mass is 182 g/mol. The van der Waals surface area contributed by atoms with E-state index in [-0.39, 0.29) is 5.60 Å². The molecule has 76 valence electrons. The summed E-state index contributed by atoms with van der Waals surface area (Å²) >= 11 is 0. The van der Waals surface area contributed by atoms with Crippen molar-refractivity contribution in [1.82, 2.24) is 0 Å². The van der Waals surface area contributed by atoms with Gasteiger partial charge < -0.3 is 4.74 Å². The van der Waals surface area contributed by atoms with Gasteiger partial charge in [0, 0.05) is 13.0 Å². The number of rotatable bonds is 2. The van der Waals surface area contributed by atoms with E-state index >= 15 is 0 Å². The van der Waals surface area contributed by atoms with Crippen molar-refractivity contribution in [2.75, 3.05) is 7.11 Å². The summed E-state index contributed by atoms with van der Waals surface area (Å²) in [7, 11) is 1.83. The molecule has 0 aromatic carbocycles. The van der Waals surface area contributed by atoms with Gasteiger partial charge in [-0.2, -0.15) is 0 Å². The normalized spacial score (nSPS) is 40.3. The van der Waals surface area contributed by atoms with Crippen LogP contribution in [-0.2, 0) is 4.74 Å². The molecule has 1 heteroatoms. The van der Waals surface area contributed by atoms with E-state index in [0.29, 0.717) is 5.92 Å². The molecule has 13 heavy (non-hydrogen) atoms. The fourth-order valence-corrected chi connectivity index (χ4v) is 2.69. The number of ether oxygens (including phenoxy) is 1. The van der Waals surface area contributed by atoms with Crippen molar-refractivity contribution < 1.29 is 4.74 Å². The van der Waals surface area contributed by atoms with E-state index in [1.165, 1.54) is 24.8 Å². The van der Waals surface area contributed by atoms with E-state index in [9.17, 15) is 0 Å². The van der Waals surface area contributed by atoms with Gasteiger partial charge >= 0.3 is 0 Å². The highest BCUT2D eigenvalue weighted by Gasteiger charge is 2.39. The highest BCUT2D eigenvalue weighted by molar-refractivity contribution is 5.07. The second-order valence-corrected chi connectivity index (χ2v) is 4.80. The summed E-state index contributed by atoms with van der Waals surface area (Å²) in [5.74, 6) is 1.34. The van der Waals surface area contributed by atoms with Crippen LogP contribution in [0.25, 0.3) is 0 Å². The zero-order valence-electron chi connectivity index (χ0n) is 9.39. The van der Waals surface area contributed by atoms with E-state index in [2.05, 4.69) is 27.4 Å². The van der Waals surface area contributed by atoms with Crippen LogP contribution in [0.15, 0.2) is 12.2 Å². The summed E-state index contributed by atoms with van der Waals surface area (Å²) in [5, 5.41) is 0. The number of hydrogen-bond acceptors (Lipinski definition) is 1. The summed E-state index contributed by atoms with van der Waals surface area (Å²) in [6, 6.07) is 0. The molecule has 1 fully saturated rings. The fraction of sp³-hybridized carbons (Fsp3) is 0.833. The zero-order chi connectivity index (χ0) is 10.1. The Balaban J connectivity index is 2.78. The minimum atomic E-state index is 0.0313. The highest BCUT2D eigenvalue weighted by atomic mass is 16.5. The second-order valence-electron chi connectivity index (χ2n) is 4.80. The van der Waals surface area contributed by atoms with Crippen LogP contribution < -0.4 is 0 Å². The van der Waals surface area contributed by atoms with Gasteiger partial charge in [0.1, 0.15) is 0 Å². The van der Waals surface area contributed by atoms with Gasteiger partial charge in [-0.1, -0.05) is 19.1 Å². The van der Waals surface area contributed by atoms with E-state index in [0.717, 1.165) is 5.92 Å². The molecule has 3 atom stereocenters. The van der Waals surface area contributed by atoms with Gasteiger partial charge in [0.25, 0.3) is 0 Å². The zero-order valence-corrected chi connectivity index (χ0v) is 9.39. The van der Waals surface area contributed by atoms with Crippen LogP contribution in [-0.4, -0.2) is 12.7 Å². The SMILES string of the molecule is C=C(C)[C@@H]1CC[C@@H](C)C[C@@]1(C)OC. The molecule has 1 saturated carbocycles. The summed E-state index contributed by atoms with van der Waals surface area (Å²) in [6.07, 6.45) is 3.72. The van der Waals surface area contributed by atoms with Crippen LogP contribution in [0.3, 0.4) is 0 Å². The topological polar surface area (TPSA) is 9.23 Å². The third-order valence-corrected chi connectivity index (χ3v) is 3.50. The Morgan fingerprint density at radius 2 is 2.08 bits per heavy atom. The Labute approximate surface area is 82.2 Å². The van der Waals surface area contributed by atoms with Gasteiger partial charge in [-0.25, -0.2) is 0 Å². The van der Waals surface area contributed by atoms with Crippen LogP contribution in [0.2, 0.25) is 0 Å². The first-order chi connectivity index (χ1) is 5.99. The standard InChI is InChI=1S/C12H22O/c1-9(2)11-7-6-10(3)8-12(11,4)13-5/h10-11H,1,6-8H2,2-5H3/t10-,11+,12-/m1/s1. The van der Waals surface area contributed by atoms with Crippen LogP contribution in [0.1, 0.15) is 40.0 Å². The van der Waals surface area contributed by atoms with Crippen molar-refractivity contribution in [3.63, 3.8) is 0 Å². The van der Waals surface area contributed by atoms with Crippen molar-refractivity contribution in [2.45, 2.75) is 45.6 Å². The first-order valence-corrected chi connectivity index (χ1v) is 5.20. The smallest absolute Gasteiger partial charge is 0.0718 e. The summed E-state index contributed by atoms with van der Waals surface area (Å²) in [6.45, 7) is 10.7. The fourth-order valence-electron chi connectivity index (χ4n) is 2.69. The Kier molecular flexibility index (Phi) is 3.18. The molecule has 0 radical (unpaired) electrons. The predicted octanol–water partition coefficient (Wildman–Crippen LogP) is 3.40. The first kappa shape index (κ1) is 10.8. The Morgan fingerprint density at radius 1 is 1.46 bits per heavy atom. The van der Waals surface area contributed by atoms with Crippen molar-refractivity contribution in [1.29, 1.82) is 0 Å². The van der Waals surface area contributed by atoms with Crippen LogP contribution in [0, 0.1) is 11.8 Å². The minimum Gasteiger partial charge on any atom is -0.378 e. The van der Waals surface area contributed by atoms with Crippen LogP contribution in [0.4, 0.5) is 0 Å². The molecule has 0 amide bonds. The van der Waals surface area contributed by atoms with E-state index in [1.807, 2.05) is 7.11 Å². The lowest BCUT2D eigenvalue weighted by molar-refractivity contribution is -0.0690. The lowest BCUT2D eigenvalue weighted by Gasteiger charge is -2.43. The molecule has 1 aliphatic carbocycles. The molecule has 0 N–H and O–H groups in total. The number of hydrogen-bond donors (Lipinski definition) is 0. The molecule has 0 aliphatic heterocycles. The molecule has 1 aliphatic rings. The molecule has 0 bridgehead atoms. The number of methoxy groups -OCH3 is 1. The molecule has 0 unspecified atom stereocenters. The van der Waals surface area contributed by atoms with E-state index in [1.54, 1.807) is 0 Å². The third kappa shape index (κ3) is 2.14.